The maximum Gasteiger partial charge on any atom is 0.159 e. The lowest BCUT2D eigenvalue weighted by Crippen LogP contribution is -2.33. The maximum absolute atomic E-state index is 6.80. The summed E-state index contributed by atoms with van der Waals surface area (Å²) in [4.78, 5) is 10.7. The van der Waals surface area contributed by atoms with Crippen LogP contribution in [0.5, 0.6) is 0 Å². The first-order chi connectivity index (χ1) is 31.7. The Kier molecular flexibility index (Phi) is 8.21. The van der Waals surface area contributed by atoms with Crippen LogP contribution in [0.15, 0.2) is 233 Å². The number of furan rings is 1. The lowest BCUT2D eigenvalue weighted by atomic mass is 9.95. The number of para-hydroxylation sites is 1. The molecule has 12 aromatic rings. The predicted octanol–water partition coefficient (Wildman–Crippen LogP) is 14.8. The first-order valence-corrected chi connectivity index (χ1v) is 21.8. The highest BCUT2D eigenvalue weighted by atomic mass is 16.3. The molecule has 5 heteroatoms. The van der Waals surface area contributed by atoms with E-state index in [0.29, 0.717) is 5.84 Å². The van der Waals surface area contributed by atoms with E-state index < -0.39 is 0 Å². The van der Waals surface area contributed by atoms with Gasteiger partial charge in [0.2, 0.25) is 0 Å². The molecule has 0 bridgehead atoms. The highest BCUT2D eigenvalue weighted by Gasteiger charge is 2.25. The van der Waals surface area contributed by atoms with E-state index in [1.165, 1.54) is 27.1 Å². The van der Waals surface area contributed by atoms with Gasteiger partial charge in [0.15, 0.2) is 5.84 Å². The van der Waals surface area contributed by atoms with Crippen molar-refractivity contribution in [3.63, 3.8) is 0 Å². The van der Waals surface area contributed by atoms with Crippen LogP contribution in [0.4, 0.5) is 0 Å². The van der Waals surface area contributed by atoms with Crippen molar-refractivity contribution in [2.45, 2.75) is 6.17 Å². The van der Waals surface area contributed by atoms with Crippen LogP contribution >= 0.6 is 0 Å². The molecule has 0 saturated carbocycles. The van der Waals surface area contributed by atoms with Gasteiger partial charge in [-0.15, -0.1) is 0 Å². The van der Waals surface area contributed by atoms with Crippen LogP contribution in [0.1, 0.15) is 22.9 Å². The Morgan fingerprint density at radius 1 is 0.438 bits per heavy atom. The van der Waals surface area contributed by atoms with Crippen LogP contribution in [-0.2, 0) is 0 Å². The second kappa shape index (κ2) is 14.5. The Labute approximate surface area is 368 Å². The van der Waals surface area contributed by atoms with E-state index in [0.717, 1.165) is 88.6 Å². The zero-order valence-corrected chi connectivity index (χ0v) is 34.6. The molecule has 1 unspecified atom stereocenters. The molecule has 64 heavy (non-hydrogen) atoms. The Morgan fingerprint density at radius 2 is 1.11 bits per heavy atom. The highest BCUT2D eigenvalue weighted by molar-refractivity contribution is 6.21. The van der Waals surface area contributed by atoms with E-state index in [-0.39, 0.29) is 6.17 Å². The molecule has 3 heterocycles. The molecule has 13 rings (SSSR count). The molecule has 1 aliphatic heterocycles. The number of amidine groups is 2. The zero-order chi connectivity index (χ0) is 42.1. The van der Waals surface area contributed by atoms with Gasteiger partial charge in [-0.05, 0) is 86.9 Å². The Balaban J connectivity index is 1.07. The summed E-state index contributed by atoms with van der Waals surface area (Å²) in [6, 6.07) is 77.6. The van der Waals surface area contributed by atoms with Gasteiger partial charge in [-0.1, -0.05) is 170 Å². The summed E-state index contributed by atoms with van der Waals surface area (Å²) in [7, 11) is 0. The van der Waals surface area contributed by atoms with Crippen molar-refractivity contribution in [3.8, 4) is 27.9 Å². The highest BCUT2D eigenvalue weighted by Crippen LogP contribution is 2.44. The van der Waals surface area contributed by atoms with Crippen molar-refractivity contribution in [1.29, 1.82) is 0 Å². The number of nitrogens with zero attached hydrogens (tertiary/aromatic N) is 3. The van der Waals surface area contributed by atoms with E-state index in [4.69, 9.17) is 14.4 Å². The molecule has 0 amide bonds. The third kappa shape index (κ3) is 5.86. The molecule has 1 atom stereocenters. The lowest BCUT2D eigenvalue weighted by Gasteiger charge is -2.24. The number of hydrogen-bond donors (Lipinski definition) is 1. The molecule has 300 valence electrons. The van der Waals surface area contributed by atoms with Crippen molar-refractivity contribution in [2.75, 3.05) is 0 Å². The lowest BCUT2D eigenvalue weighted by molar-refractivity contribution is 0.673. The number of rotatable bonds is 6. The van der Waals surface area contributed by atoms with E-state index in [2.05, 4.69) is 216 Å². The normalized spacial score (nSPS) is 14.1. The first-order valence-electron chi connectivity index (χ1n) is 21.8. The first kappa shape index (κ1) is 36.1. The molecule has 0 fully saturated rings. The fraction of sp³-hybridized carbons (Fsp3) is 0.0169. The van der Waals surface area contributed by atoms with Gasteiger partial charge in [0.05, 0.1) is 16.7 Å². The molecule has 2 aromatic heterocycles. The molecule has 1 aliphatic rings. The van der Waals surface area contributed by atoms with Gasteiger partial charge >= 0.3 is 0 Å². The van der Waals surface area contributed by atoms with Gasteiger partial charge in [0.1, 0.15) is 23.2 Å². The van der Waals surface area contributed by atoms with Crippen LogP contribution in [0, 0.1) is 0 Å². The maximum atomic E-state index is 6.80. The molecular formula is C59H38N4O. The summed E-state index contributed by atoms with van der Waals surface area (Å²) in [5.74, 6) is 1.43. The smallest absolute Gasteiger partial charge is 0.159 e. The molecule has 1 N–H and O–H groups in total. The minimum atomic E-state index is -0.347. The SMILES string of the molecule is c1ccc(-c2ccc(C3=NC(c4ccc(-n5c6ccccc6c6cc7ccccc7cc65)c(-c5cccc6oc7c8ccccc8ccc7c56)c4)=NC(c4ccccc4)N3)cc2)cc1. The summed E-state index contributed by atoms with van der Waals surface area (Å²) >= 11 is 0. The van der Waals surface area contributed by atoms with Gasteiger partial charge in [-0.3, -0.25) is 0 Å². The number of hydrogen-bond acceptors (Lipinski definition) is 4. The quantitative estimate of drug-likeness (QED) is 0.182. The average Bonchev–Trinajstić information content (AvgIpc) is 3.92. The number of benzene rings is 10. The number of nitrogens with one attached hydrogen (secondary N) is 1. The van der Waals surface area contributed by atoms with Crippen molar-refractivity contribution in [1.82, 2.24) is 9.88 Å². The van der Waals surface area contributed by atoms with Gasteiger partial charge < -0.3 is 14.3 Å². The molecule has 0 saturated heterocycles. The van der Waals surface area contributed by atoms with Crippen molar-refractivity contribution < 1.29 is 4.42 Å². The van der Waals surface area contributed by atoms with Crippen molar-refractivity contribution in [2.24, 2.45) is 9.98 Å². The van der Waals surface area contributed by atoms with Crippen molar-refractivity contribution >= 4 is 77.0 Å². The van der Waals surface area contributed by atoms with Crippen LogP contribution < -0.4 is 5.32 Å². The summed E-state index contributed by atoms with van der Waals surface area (Å²) in [6.45, 7) is 0. The third-order valence-corrected chi connectivity index (χ3v) is 12.8. The van der Waals surface area contributed by atoms with E-state index in [1.54, 1.807) is 0 Å². The van der Waals surface area contributed by atoms with Crippen LogP contribution in [-0.4, -0.2) is 16.2 Å². The molecule has 10 aromatic carbocycles. The monoisotopic (exact) mass is 818 g/mol. The third-order valence-electron chi connectivity index (χ3n) is 12.8. The van der Waals surface area contributed by atoms with Crippen LogP contribution in [0.25, 0.3) is 93.2 Å². The summed E-state index contributed by atoms with van der Waals surface area (Å²) in [5.41, 5.74) is 12.5. The van der Waals surface area contributed by atoms with Crippen LogP contribution in [0.3, 0.4) is 0 Å². The largest absolute Gasteiger partial charge is 0.455 e. The topological polar surface area (TPSA) is 54.8 Å². The minimum absolute atomic E-state index is 0.347. The number of aromatic nitrogens is 1. The standard InChI is InChI=1S/C59H38N4O/c1-3-14-37(15-4-1)38-26-28-41(29-27-38)58-60-57(40-17-5-2-6-18-40)61-59(62-58)44-31-33-52(63-51-24-12-11-22-46(51)49-34-42-19-7-8-20-43(42)36-53(49)63)50(35-44)47-23-13-25-54-55(47)48-32-30-39-16-9-10-21-45(39)56(48)64-54/h1-36,57H,(H,60,61,62). The Morgan fingerprint density at radius 3 is 1.94 bits per heavy atom. The fourth-order valence-corrected chi connectivity index (χ4v) is 9.76. The summed E-state index contributed by atoms with van der Waals surface area (Å²) < 4.78 is 9.23. The molecular weight excluding hydrogens is 781 g/mol. The fourth-order valence-electron chi connectivity index (χ4n) is 9.76. The van der Waals surface area contributed by atoms with Gasteiger partial charge in [0, 0.05) is 43.6 Å². The summed E-state index contributed by atoms with van der Waals surface area (Å²) in [5, 5.41) is 12.9. The van der Waals surface area contributed by atoms with Gasteiger partial charge in [-0.25, -0.2) is 9.98 Å². The predicted molar refractivity (Wildman–Crippen MR) is 266 cm³/mol. The van der Waals surface area contributed by atoms with Gasteiger partial charge in [0.25, 0.3) is 0 Å². The second-order valence-electron chi connectivity index (χ2n) is 16.6. The second-order valence-corrected chi connectivity index (χ2v) is 16.6. The number of aliphatic imine (C=N–C) groups is 2. The van der Waals surface area contributed by atoms with Gasteiger partial charge in [-0.2, -0.15) is 0 Å². The average molecular weight is 819 g/mol. The molecule has 0 radical (unpaired) electrons. The van der Waals surface area contributed by atoms with Crippen LogP contribution in [0.2, 0.25) is 0 Å². The van der Waals surface area contributed by atoms with E-state index in [9.17, 15) is 0 Å². The Bertz CT molecular complexity index is 3860. The Hall–Kier alpha value is -8.54. The number of fused-ring (bicyclic) bond motifs is 9. The minimum Gasteiger partial charge on any atom is -0.455 e. The molecule has 0 spiro atoms. The van der Waals surface area contributed by atoms with Crippen molar-refractivity contribution in [3.05, 3.63) is 235 Å². The molecule has 5 nitrogen and oxygen atoms in total. The van der Waals surface area contributed by atoms with E-state index >= 15 is 0 Å². The van der Waals surface area contributed by atoms with E-state index in [1.807, 2.05) is 12.1 Å². The molecule has 0 aliphatic carbocycles. The zero-order valence-electron chi connectivity index (χ0n) is 34.6. The summed E-state index contributed by atoms with van der Waals surface area (Å²) in [6.07, 6.45) is -0.347.